The van der Waals surface area contributed by atoms with E-state index in [4.69, 9.17) is 9.84 Å². The average molecular weight is 215 g/mol. The molecule has 0 aromatic carbocycles. The summed E-state index contributed by atoms with van der Waals surface area (Å²) in [5.41, 5.74) is -0.00183. The third-order valence-corrected chi connectivity index (χ3v) is 2.90. The van der Waals surface area contributed by atoms with Crippen LogP contribution in [0.3, 0.4) is 0 Å². The fourth-order valence-corrected chi connectivity index (χ4v) is 2.16. The van der Waals surface area contributed by atoms with E-state index in [1.807, 2.05) is 6.92 Å². The first-order valence-electron chi connectivity index (χ1n) is 5.42. The first-order chi connectivity index (χ1) is 6.82. The molecule has 1 fully saturated rings. The van der Waals surface area contributed by atoms with Crippen molar-refractivity contribution in [2.24, 2.45) is 0 Å². The zero-order chi connectivity index (χ0) is 11.6. The van der Waals surface area contributed by atoms with E-state index in [1.165, 1.54) is 0 Å². The molecule has 1 heterocycles. The SMILES string of the molecule is CC1OCCN(C(C)(C)C)C1CC(=O)O. The Hall–Kier alpha value is -0.610. The molecule has 15 heavy (non-hydrogen) atoms. The van der Waals surface area contributed by atoms with Crippen LogP contribution in [0.15, 0.2) is 0 Å². The highest BCUT2D eigenvalue weighted by atomic mass is 16.5. The Bertz CT molecular complexity index is 234. The predicted octanol–water partition coefficient (Wildman–Crippen LogP) is 1.35. The number of aliphatic carboxylic acids is 1. The number of carbonyl (C=O) groups is 1. The van der Waals surface area contributed by atoms with E-state index in [0.29, 0.717) is 6.61 Å². The fraction of sp³-hybridized carbons (Fsp3) is 0.909. The predicted molar refractivity (Wildman–Crippen MR) is 57.9 cm³/mol. The highest BCUT2D eigenvalue weighted by molar-refractivity contribution is 5.67. The lowest BCUT2D eigenvalue weighted by Gasteiger charge is -2.46. The third-order valence-electron chi connectivity index (χ3n) is 2.90. The van der Waals surface area contributed by atoms with Crippen LogP contribution in [-0.2, 0) is 9.53 Å². The number of rotatable bonds is 2. The Morgan fingerprint density at radius 1 is 1.53 bits per heavy atom. The molecule has 2 atom stereocenters. The van der Waals surface area contributed by atoms with Crippen molar-refractivity contribution in [2.45, 2.75) is 51.8 Å². The van der Waals surface area contributed by atoms with Crippen LogP contribution in [0.4, 0.5) is 0 Å². The lowest BCUT2D eigenvalue weighted by Crippen LogP contribution is -2.58. The Morgan fingerprint density at radius 3 is 2.60 bits per heavy atom. The summed E-state index contributed by atoms with van der Waals surface area (Å²) >= 11 is 0. The van der Waals surface area contributed by atoms with E-state index in [1.54, 1.807) is 0 Å². The molecule has 2 unspecified atom stereocenters. The number of nitrogens with zero attached hydrogens (tertiary/aromatic N) is 1. The second-order valence-electron chi connectivity index (χ2n) is 5.11. The quantitative estimate of drug-likeness (QED) is 0.755. The zero-order valence-electron chi connectivity index (χ0n) is 9.99. The van der Waals surface area contributed by atoms with Gasteiger partial charge in [0.15, 0.2) is 0 Å². The van der Waals surface area contributed by atoms with Gasteiger partial charge in [-0.05, 0) is 27.7 Å². The molecule has 4 nitrogen and oxygen atoms in total. The highest BCUT2D eigenvalue weighted by Gasteiger charge is 2.36. The van der Waals surface area contributed by atoms with Crippen molar-refractivity contribution >= 4 is 5.97 Å². The van der Waals surface area contributed by atoms with E-state index >= 15 is 0 Å². The van der Waals surface area contributed by atoms with E-state index in [9.17, 15) is 4.79 Å². The number of hydrogen-bond acceptors (Lipinski definition) is 3. The highest BCUT2D eigenvalue weighted by Crippen LogP contribution is 2.25. The van der Waals surface area contributed by atoms with Gasteiger partial charge in [-0.2, -0.15) is 0 Å². The lowest BCUT2D eigenvalue weighted by molar-refractivity contribution is -0.145. The average Bonchev–Trinajstić information content (AvgIpc) is 2.05. The molecule has 1 aliphatic rings. The van der Waals surface area contributed by atoms with Crippen molar-refractivity contribution in [3.8, 4) is 0 Å². The maximum absolute atomic E-state index is 10.8. The standard InChI is InChI=1S/C11H21NO3/c1-8-9(7-10(13)14)12(5-6-15-8)11(2,3)4/h8-9H,5-7H2,1-4H3,(H,13,14). The van der Waals surface area contributed by atoms with E-state index in [0.717, 1.165) is 6.54 Å². The van der Waals surface area contributed by atoms with Crippen LogP contribution in [0.2, 0.25) is 0 Å². The second-order valence-corrected chi connectivity index (χ2v) is 5.11. The summed E-state index contributed by atoms with van der Waals surface area (Å²) < 4.78 is 5.51. The van der Waals surface area contributed by atoms with Crippen molar-refractivity contribution in [2.75, 3.05) is 13.2 Å². The molecule has 0 radical (unpaired) electrons. The molecule has 1 aliphatic heterocycles. The lowest BCUT2D eigenvalue weighted by atomic mass is 9.96. The molecule has 0 aromatic heterocycles. The molecular formula is C11H21NO3. The van der Waals surface area contributed by atoms with Crippen LogP contribution in [0.1, 0.15) is 34.1 Å². The fourth-order valence-electron chi connectivity index (χ4n) is 2.16. The van der Waals surface area contributed by atoms with E-state index in [-0.39, 0.29) is 24.1 Å². The molecule has 88 valence electrons. The summed E-state index contributed by atoms with van der Waals surface area (Å²) in [5, 5.41) is 8.88. The summed E-state index contributed by atoms with van der Waals surface area (Å²) in [5.74, 6) is -0.758. The monoisotopic (exact) mass is 215 g/mol. The van der Waals surface area contributed by atoms with Gasteiger partial charge in [-0.15, -0.1) is 0 Å². The number of hydrogen-bond donors (Lipinski definition) is 1. The van der Waals surface area contributed by atoms with E-state index in [2.05, 4.69) is 25.7 Å². The molecule has 0 bridgehead atoms. The van der Waals surface area contributed by atoms with Crippen LogP contribution >= 0.6 is 0 Å². The van der Waals surface area contributed by atoms with Crippen molar-refractivity contribution < 1.29 is 14.6 Å². The smallest absolute Gasteiger partial charge is 0.305 e. The number of carboxylic acid groups (broad SMARTS) is 1. The molecule has 0 spiro atoms. The summed E-state index contributed by atoms with van der Waals surface area (Å²) in [4.78, 5) is 13.0. The van der Waals surface area contributed by atoms with Crippen molar-refractivity contribution in [3.63, 3.8) is 0 Å². The van der Waals surface area contributed by atoms with Gasteiger partial charge < -0.3 is 9.84 Å². The molecule has 4 heteroatoms. The van der Waals surface area contributed by atoms with Gasteiger partial charge in [-0.1, -0.05) is 0 Å². The first-order valence-corrected chi connectivity index (χ1v) is 5.42. The van der Waals surface area contributed by atoms with Gasteiger partial charge in [0.25, 0.3) is 0 Å². The van der Waals surface area contributed by atoms with Crippen LogP contribution in [0.5, 0.6) is 0 Å². The maximum atomic E-state index is 10.8. The van der Waals surface area contributed by atoms with Crippen molar-refractivity contribution in [1.82, 2.24) is 4.90 Å². The Kier molecular flexibility index (Phi) is 3.73. The van der Waals surface area contributed by atoms with Crippen molar-refractivity contribution in [1.29, 1.82) is 0 Å². The molecule has 0 saturated carbocycles. The van der Waals surface area contributed by atoms with Crippen LogP contribution in [0.25, 0.3) is 0 Å². The van der Waals surface area contributed by atoms with Gasteiger partial charge in [-0.25, -0.2) is 0 Å². The summed E-state index contributed by atoms with van der Waals surface area (Å²) in [6, 6.07) is -0.0174. The normalized spacial score (nSPS) is 29.1. The summed E-state index contributed by atoms with van der Waals surface area (Å²) in [6.45, 7) is 9.78. The molecule has 0 aliphatic carbocycles. The Balaban J connectivity index is 2.77. The second kappa shape index (κ2) is 4.49. The number of carboxylic acids is 1. The largest absolute Gasteiger partial charge is 0.481 e. The molecule has 0 aromatic rings. The van der Waals surface area contributed by atoms with Gasteiger partial charge >= 0.3 is 5.97 Å². The first kappa shape index (κ1) is 12.5. The van der Waals surface area contributed by atoms with Crippen LogP contribution in [-0.4, -0.2) is 46.8 Å². The number of morpholine rings is 1. The van der Waals surface area contributed by atoms with Gasteiger partial charge in [0.05, 0.1) is 19.1 Å². The van der Waals surface area contributed by atoms with Gasteiger partial charge in [0.2, 0.25) is 0 Å². The van der Waals surface area contributed by atoms with Gasteiger partial charge in [0.1, 0.15) is 0 Å². The Morgan fingerprint density at radius 2 is 2.13 bits per heavy atom. The molecule has 1 saturated heterocycles. The van der Waals surface area contributed by atoms with Gasteiger partial charge in [-0.3, -0.25) is 9.69 Å². The molecule has 0 amide bonds. The van der Waals surface area contributed by atoms with Crippen molar-refractivity contribution in [3.05, 3.63) is 0 Å². The minimum Gasteiger partial charge on any atom is -0.481 e. The minimum absolute atomic E-state index is 0.00183. The molecule has 1 N–H and O–H groups in total. The third kappa shape index (κ3) is 3.18. The maximum Gasteiger partial charge on any atom is 0.305 e. The minimum atomic E-state index is -0.758. The van der Waals surface area contributed by atoms with Crippen LogP contribution in [0, 0.1) is 0 Å². The Labute approximate surface area is 91.2 Å². The summed E-state index contributed by atoms with van der Waals surface area (Å²) in [7, 11) is 0. The number of ether oxygens (including phenoxy) is 1. The molecule has 1 rings (SSSR count). The zero-order valence-corrected chi connectivity index (χ0v) is 9.99. The topological polar surface area (TPSA) is 49.8 Å². The molecular weight excluding hydrogens is 194 g/mol. The summed E-state index contributed by atoms with van der Waals surface area (Å²) in [6.07, 6.45) is 0.146. The van der Waals surface area contributed by atoms with Gasteiger partial charge in [0, 0.05) is 18.1 Å². The van der Waals surface area contributed by atoms with Crippen LogP contribution < -0.4 is 0 Å². The van der Waals surface area contributed by atoms with E-state index < -0.39 is 5.97 Å².